The predicted molar refractivity (Wildman–Crippen MR) is 72.7 cm³/mol. The largest absolute Gasteiger partial charge is 0.456 e. The van der Waals surface area contributed by atoms with E-state index in [9.17, 15) is 4.57 Å². The number of fused-ring (bicyclic) bond motifs is 3. The minimum atomic E-state index is -3.27. The van der Waals surface area contributed by atoms with Gasteiger partial charge in [0.25, 0.3) is 5.85 Å². The van der Waals surface area contributed by atoms with Crippen LogP contribution in [0.25, 0.3) is 21.9 Å². The Morgan fingerprint density at radius 3 is 2.41 bits per heavy atom. The van der Waals surface area contributed by atoms with Gasteiger partial charge < -0.3 is 4.42 Å². The summed E-state index contributed by atoms with van der Waals surface area (Å²) in [6.45, 7) is 0. The summed E-state index contributed by atoms with van der Waals surface area (Å²) < 4.78 is 17.3. The highest BCUT2D eigenvalue weighted by Crippen LogP contribution is 2.55. The lowest BCUT2D eigenvalue weighted by atomic mass is 10.1. The van der Waals surface area contributed by atoms with Crippen LogP contribution in [0.5, 0.6) is 0 Å². The van der Waals surface area contributed by atoms with Crippen molar-refractivity contribution < 1.29 is 8.98 Å². The third-order valence-electron chi connectivity index (χ3n) is 2.66. The van der Waals surface area contributed by atoms with Crippen molar-refractivity contribution in [3.05, 3.63) is 42.5 Å². The number of halogens is 2. The van der Waals surface area contributed by atoms with Crippen molar-refractivity contribution >= 4 is 55.6 Å². The summed E-state index contributed by atoms with van der Waals surface area (Å²) in [4.78, 5) is 0. The van der Waals surface area contributed by atoms with Gasteiger partial charge in [-0.25, -0.2) is 0 Å². The Hall–Kier alpha value is -0.950. The smallest absolute Gasteiger partial charge is 0.281 e. The maximum absolute atomic E-state index is 11.6. The van der Waals surface area contributed by atoms with Crippen LogP contribution in [0.15, 0.2) is 46.9 Å². The standard InChI is InChI=1S/C12H7Cl2O2P/c13-17(14,15)8-5-6-12-10(7-8)9-3-1-2-4-11(9)16-12/h1-7H. The number of benzene rings is 2. The summed E-state index contributed by atoms with van der Waals surface area (Å²) in [6.07, 6.45) is 0. The minimum Gasteiger partial charge on any atom is -0.456 e. The van der Waals surface area contributed by atoms with Crippen molar-refractivity contribution in [2.75, 3.05) is 0 Å². The molecule has 1 aromatic heterocycles. The van der Waals surface area contributed by atoms with E-state index in [1.807, 2.05) is 24.3 Å². The molecule has 2 nitrogen and oxygen atoms in total. The van der Waals surface area contributed by atoms with Crippen LogP contribution in [0.2, 0.25) is 0 Å². The first-order valence-electron chi connectivity index (χ1n) is 4.97. The number of hydrogen-bond acceptors (Lipinski definition) is 2. The molecule has 1 heterocycles. The molecule has 2 aromatic carbocycles. The first-order chi connectivity index (χ1) is 8.05. The summed E-state index contributed by atoms with van der Waals surface area (Å²) in [5.74, 6) is -3.27. The van der Waals surface area contributed by atoms with Gasteiger partial charge in [-0.1, -0.05) is 18.2 Å². The average molecular weight is 285 g/mol. The number of furan rings is 1. The van der Waals surface area contributed by atoms with E-state index in [0.717, 1.165) is 21.9 Å². The van der Waals surface area contributed by atoms with E-state index < -0.39 is 5.85 Å². The maximum atomic E-state index is 11.6. The van der Waals surface area contributed by atoms with Crippen molar-refractivity contribution in [2.45, 2.75) is 0 Å². The van der Waals surface area contributed by atoms with Crippen molar-refractivity contribution in [1.29, 1.82) is 0 Å². The van der Waals surface area contributed by atoms with Crippen LogP contribution in [-0.4, -0.2) is 0 Å². The van der Waals surface area contributed by atoms with E-state index in [1.165, 1.54) is 0 Å². The zero-order valence-electron chi connectivity index (χ0n) is 8.56. The van der Waals surface area contributed by atoms with Gasteiger partial charge in [-0.2, -0.15) is 0 Å². The molecule has 0 aliphatic rings. The highest BCUT2D eigenvalue weighted by molar-refractivity contribution is 8.13. The molecule has 0 saturated carbocycles. The van der Waals surface area contributed by atoms with Gasteiger partial charge in [-0.3, -0.25) is 4.57 Å². The van der Waals surface area contributed by atoms with Crippen LogP contribution in [0.3, 0.4) is 0 Å². The molecule has 5 heteroatoms. The van der Waals surface area contributed by atoms with Gasteiger partial charge in [0.1, 0.15) is 11.2 Å². The lowest BCUT2D eigenvalue weighted by Gasteiger charge is -2.00. The molecule has 0 unspecified atom stereocenters. The minimum absolute atomic E-state index is 0.430. The molecule has 3 aromatic rings. The van der Waals surface area contributed by atoms with Gasteiger partial charge in [0.2, 0.25) is 0 Å². The Labute approximate surface area is 107 Å². The van der Waals surface area contributed by atoms with Crippen LogP contribution in [0, 0.1) is 0 Å². The van der Waals surface area contributed by atoms with Gasteiger partial charge in [0.05, 0.1) is 0 Å². The van der Waals surface area contributed by atoms with Gasteiger partial charge in [0.15, 0.2) is 0 Å². The van der Waals surface area contributed by atoms with Crippen molar-refractivity contribution in [3.8, 4) is 0 Å². The molecular weight excluding hydrogens is 278 g/mol. The molecule has 0 N–H and O–H groups in total. The average Bonchev–Trinajstić information content (AvgIpc) is 2.65. The summed E-state index contributed by atoms with van der Waals surface area (Å²) >= 11 is 11.3. The van der Waals surface area contributed by atoms with Crippen molar-refractivity contribution in [3.63, 3.8) is 0 Å². The molecule has 86 valence electrons. The monoisotopic (exact) mass is 284 g/mol. The highest BCUT2D eigenvalue weighted by atomic mass is 35.9. The molecule has 0 radical (unpaired) electrons. The molecule has 0 atom stereocenters. The Morgan fingerprint density at radius 2 is 1.65 bits per heavy atom. The summed E-state index contributed by atoms with van der Waals surface area (Å²) in [5, 5.41) is 2.27. The first kappa shape index (κ1) is 11.2. The first-order valence-corrected chi connectivity index (χ1v) is 8.48. The quantitative estimate of drug-likeness (QED) is 0.596. The van der Waals surface area contributed by atoms with E-state index in [-0.39, 0.29) is 0 Å². The van der Waals surface area contributed by atoms with Gasteiger partial charge in [0, 0.05) is 16.1 Å². The second kappa shape index (κ2) is 3.78. The zero-order valence-corrected chi connectivity index (χ0v) is 11.0. The molecular formula is C12H7Cl2O2P. The van der Waals surface area contributed by atoms with Crippen LogP contribution in [0.4, 0.5) is 0 Å². The molecule has 0 amide bonds. The second-order valence-corrected chi connectivity index (χ2v) is 8.56. The normalized spacial score (nSPS) is 12.4. The predicted octanol–water partition coefficient (Wildman–Crippen LogP) is 4.88. The molecule has 3 rings (SSSR count). The number of hydrogen-bond donors (Lipinski definition) is 0. The van der Waals surface area contributed by atoms with Crippen molar-refractivity contribution in [1.82, 2.24) is 0 Å². The van der Waals surface area contributed by atoms with E-state index in [4.69, 9.17) is 26.9 Å². The van der Waals surface area contributed by atoms with Gasteiger partial charge in [-0.15, -0.1) is 0 Å². The van der Waals surface area contributed by atoms with Gasteiger partial charge in [-0.05, 0) is 46.7 Å². The summed E-state index contributed by atoms with van der Waals surface area (Å²) in [7, 11) is 0. The van der Waals surface area contributed by atoms with E-state index >= 15 is 0 Å². The SMILES string of the molecule is O=P(Cl)(Cl)c1ccc2oc3ccccc3c2c1. The molecule has 17 heavy (non-hydrogen) atoms. The third kappa shape index (κ3) is 1.87. The van der Waals surface area contributed by atoms with Crippen LogP contribution >= 0.6 is 28.3 Å². The van der Waals surface area contributed by atoms with E-state index in [0.29, 0.717) is 5.30 Å². The second-order valence-electron chi connectivity index (χ2n) is 3.74. The lowest BCUT2D eigenvalue weighted by Crippen LogP contribution is -1.95. The molecule has 0 bridgehead atoms. The zero-order chi connectivity index (χ0) is 12.0. The van der Waals surface area contributed by atoms with Crippen molar-refractivity contribution in [2.24, 2.45) is 0 Å². The Bertz CT molecular complexity index is 757. The molecule has 0 aliphatic carbocycles. The van der Waals surface area contributed by atoms with E-state index in [2.05, 4.69) is 0 Å². The molecule has 0 spiro atoms. The summed E-state index contributed by atoms with van der Waals surface area (Å²) in [5.41, 5.74) is 1.52. The topological polar surface area (TPSA) is 30.2 Å². The lowest BCUT2D eigenvalue weighted by molar-refractivity contribution is 0.597. The molecule has 0 fully saturated rings. The highest BCUT2D eigenvalue weighted by Gasteiger charge is 2.19. The number of rotatable bonds is 1. The van der Waals surface area contributed by atoms with E-state index in [1.54, 1.807) is 18.2 Å². The summed E-state index contributed by atoms with van der Waals surface area (Å²) in [6, 6.07) is 12.7. The third-order valence-corrected chi connectivity index (χ3v) is 4.71. The Kier molecular flexibility index (Phi) is 2.48. The van der Waals surface area contributed by atoms with Crippen LogP contribution < -0.4 is 5.30 Å². The fourth-order valence-corrected chi connectivity index (χ4v) is 3.03. The molecule has 0 aliphatic heterocycles. The fraction of sp³-hybridized carbons (Fsp3) is 0. The van der Waals surface area contributed by atoms with Crippen LogP contribution in [0.1, 0.15) is 0 Å². The fourth-order valence-electron chi connectivity index (χ4n) is 1.88. The van der Waals surface area contributed by atoms with Crippen LogP contribution in [-0.2, 0) is 4.57 Å². The maximum Gasteiger partial charge on any atom is 0.281 e. The Balaban J connectivity index is 2.42. The Morgan fingerprint density at radius 1 is 0.941 bits per heavy atom. The number of para-hydroxylation sites is 1. The van der Waals surface area contributed by atoms with Gasteiger partial charge >= 0.3 is 0 Å². The molecule has 0 saturated heterocycles.